The van der Waals surface area contributed by atoms with Gasteiger partial charge < -0.3 is 15.0 Å². The van der Waals surface area contributed by atoms with E-state index in [-0.39, 0.29) is 23.0 Å². The van der Waals surface area contributed by atoms with Gasteiger partial charge in [0.25, 0.3) is 6.43 Å². The molecule has 0 radical (unpaired) electrons. The number of hydrogen-bond donors (Lipinski definition) is 1. The van der Waals surface area contributed by atoms with Gasteiger partial charge in [-0.15, -0.1) is 10.2 Å². The number of anilines is 1. The summed E-state index contributed by atoms with van der Waals surface area (Å²) in [6.45, 7) is 4.62. The number of alkyl halides is 2. The lowest BCUT2D eigenvalue weighted by Gasteiger charge is -2.36. The van der Waals surface area contributed by atoms with Crippen molar-refractivity contribution in [2.24, 2.45) is 7.05 Å². The highest BCUT2D eigenvalue weighted by Crippen LogP contribution is 2.38. The molecule has 1 N–H and O–H groups in total. The van der Waals surface area contributed by atoms with Gasteiger partial charge in [-0.3, -0.25) is 4.79 Å². The van der Waals surface area contributed by atoms with Crippen molar-refractivity contribution >= 4 is 11.7 Å². The Hall–Kier alpha value is -3.77. The molecule has 1 saturated heterocycles. The fourth-order valence-electron chi connectivity index (χ4n) is 4.90. The third-order valence-corrected chi connectivity index (χ3v) is 6.92. The van der Waals surface area contributed by atoms with Crippen molar-refractivity contribution in [1.29, 1.82) is 0 Å². The first kappa shape index (κ1) is 23.9. The smallest absolute Gasteiger partial charge is 0.297 e. The van der Waals surface area contributed by atoms with Gasteiger partial charge in [0, 0.05) is 24.7 Å². The molecule has 3 aromatic rings. The lowest BCUT2D eigenvalue weighted by Crippen LogP contribution is -2.46. The van der Waals surface area contributed by atoms with Crippen molar-refractivity contribution in [3.63, 3.8) is 0 Å². The summed E-state index contributed by atoms with van der Waals surface area (Å²) in [6, 6.07) is 3.49. The summed E-state index contributed by atoms with van der Waals surface area (Å²) in [6.07, 6.45) is -0.480. The van der Waals surface area contributed by atoms with Gasteiger partial charge in [-0.25, -0.2) is 18.7 Å². The van der Waals surface area contributed by atoms with Gasteiger partial charge in [-0.1, -0.05) is 0 Å². The molecule has 0 saturated carbocycles. The van der Waals surface area contributed by atoms with E-state index in [9.17, 15) is 13.6 Å². The van der Waals surface area contributed by atoms with Crippen LogP contribution in [0.15, 0.2) is 12.1 Å². The minimum absolute atomic E-state index is 0.0101. The van der Waals surface area contributed by atoms with Gasteiger partial charge >= 0.3 is 0 Å². The normalized spacial score (nSPS) is 19.9. The molecular weight excluding hydrogens is 472 g/mol. The number of likely N-dealkylation sites (tertiary alicyclic amines) is 1. The first-order chi connectivity index (χ1) is 17.2. The Bertz CT molecular complexity index is 1310. The van der Waals surface area contributed by atoms with E-state index in [0.29, 0.717) is 18.9 Å². The third kappa shape index (κ3) is 4.33. The molecule has 190 valence electrons. The van der Waals surface area contributed by atoms with Crippen LogP contribution in [-0.4, -0.2) is 71.7 Å². The lowest BCUT2D eigenvalue weighted by atomic mass is 9.86. The molecule has 0 aromatic carbocycles. The molecule has 0 aliphatic carbocycles. The molecule has 11 nitrogen and oxygen atoms in total. The topological polar surface area (TPSA) is 124 Å². The van der Waals surface area contributed by atoms with E-state index in [1.54, 1.807) is 18.9 Å². The number of halogens is 2. The van der Waals surface area contributed by atoms with E-state index in [0.717, 1.165) is 41.9 Å². The minimum Gasteiger partial charge on any atom is -0.481 e. The first-order valence-electron chi connectivity index (χ1n) is 11.7. The number of carbonyl (C=O) groups is 1. The van der Waals surface area contributed by atoms with Crippen molar-refractivity contribution in [3.05, 3.63) is 34.9 Å². The highest BCUT2D eigenvalue weighted by atomic mass is 19.3. The summed E-state index contributed by atoms with van der Waals surface area (Å²) in [5, 5.41) is 15.9. The molecule has 5 heterocycles. The van der Waals surface area contributed by atoms with Crippen molar-refractivity contribution in [2.75, 3.05) is 25.5 Å². The predicted molar refractivity (Wildman–Crippen MR) is 125 cm³/mol. The molecule has 2 atom stereocenters. The zero-order valence-electron chi connectivity index (χ0n) is 20.5. The monoisotopic (exact) mass is 499 g/mol. The zero-order valence-corrected chi connectivity index (χ0v) is 20.5. The number of ether oxygens (including phenoxy) is 1. The summed E-state index contributed by atoms with van der Waals surface area (Å²) in [5.41, 5.74) is 2.62. The van der Waals surface area contributed by atoms with Crippen LogP contribution >= 0.6 is 0 Å². The number of amides is 1. The molecule has 5 rings (SSSR count). The van der Waals surface area contributed by atoms with Crippen molar-refractivity contribution in [3.8, 4) is 17.3 Å². The van der Waals surface area contributed by atoms with E-state index in [1.807, 2.05) is 6.92 Å². The van der Waals surface area contributed by atoms with E-state index in [1.165, 1.54) is 18.0 Å². The number of tetrazole rings is 1. The number of carbonyl (C=O) groups excluding carboxylic acids is 1. The van der Waals surface area contributed by atoms with E-state index < -0.39 is 18.2 Å². The summed E-state index contributed by atoms with van der Waals surface area (Å²) in [7, 11) is 3.06. The number of hydrogen-bond acceptors (Lipinski definition) is 9. The van der Waals surface area contributed by atoms with Gasteiger partial charge in [0.05, 0.1) is 37.0 Å². The Balaban J connectivity index is 1.33. The highest BCUT2D eigenvalue weighted by molar-refractivity contribution is 5.83. The molecule has 13 heteroatoms. The Morgan fingerprint density at radius 1 is 1.22 bits per heavy atom. The number of nitrogens with zero attached hydrogens (tertiary/aromatic N) is 8. The number of aryl methyl sites for hydroxylation is 3. The van der Waals surface area contributed by atoms with Crippen LogP contribution < -0.4 is 10.1 Å². The van der Waals surface area contributed by atoms with Crippen LogP contribution in [0.25, 0.3) is 11.4 Å². The van der Waals surface area contributed by atoms with Crippen molar-refractivity contribution in [1.82, 2.24) is 40.1 Å². The predicted octanol–water partition coefficient (Wildman–Crippen LogP) is 2.45. The number of aromatic nitrogens is 7. The average Bonchev–Trinajstić information content (AvgIpc) is 3.48. The SMILES string of the molecule is COc1cc([C@H](C)C(=O)N2CC[C@@]3(CCc4cc(-c5nnn(C)n5)c(C)nc4N3)C2)nc(C(F)F)n1. The first-order valence-corrected chi connectivity index (χ1v) is 11.7. The summed E-state index contributed by atoms with van der Waals surface area (Å²) < 4.78 is 31.5. The molecule has 1 fully saturated rings. The van der Waals surface area contributed by atoms with Crippen LogP contribution in [0, 0.1) is 6.92 Å². The maximum Gasteiger partial charge on any atom is 0.297 e. The van der Waals surface area contributed by atoms with Crippen molar-refractivity contribution in [2.45, 2.75) is 51.0 Å². The number of pyridine rings is 1. The quantitative estimate of drug-likeness (QED) is 0.564. The van der Waals surface area contributed by atoms with Crippen LogP contribution in [0.4, 0.5) is 14.6 Å². The molecule has 0 unspecified atom stereocenters. The molecular formula is C23H27F2N9O2. The van der Waals surface area contributed by atoms with Crippen molar-refractivity contribution < 1.29 is 18.3 Å². The average molecular weight is 500 g/mol. The zero-order chi connectivity index (χ0) is 25.6. The third-order valence-electron chi connectivity index (χ3n) is 6.92. The number of fused-ring (bicyclic) bond motifs is 1. The number of nitrogens with one attached hydrogen (secondary N) is 1. The van der Waals surface area contributed by atoms with Crippen LogP contribution in [0.1, 0.15) is 54.9 Å². The molecule has 0 bridgehead atoms. The largest absolute Gasteiger partial charge is 0.481 e. The molecule has 2 aliphatic heterocycles. The Morgan fingerprint density at radius 3 is 2.72 bits per heavy atom. The number of methoxy groups -OCH3 is 1. The number of rotatable bonds is 5. The van der Waals surface area contributed by atoms with E-state index in [2.05, 4.69) is 36.8 Å². The Morgan fingerprint density at radius 2 is 2.03 bits per heavy atom. The molecule has 36 heavy (non-hydrogen) atoms. The lowest BCUT2D eigenvalue weighted by molar-refractivity contribution is -0.131. The Labute approximate surface area is 206 Å². The Kier molecular flexibility index (Phi) is 6.00. The van der Waals surface area contributed by atoms with Gasteiger partial charge in [0.2, 0.25) is 17.6 Å². The van der Waals surface area contributed by atoms with Gasteiger partial charge in [0.1, 0.15) is 5.82 Å². The van der Waals surface area contributed by atoms with Gasteiger partial charge in [-0.2, -0.15) is 9.78 Å². The van der Waals surface area contributed by atoms with Gasteiger partial charge in [0.15, 0.2) is 5.82 Å². The molecule has 3 aromatic heterocycles. The fourth-order valence-corrected chi connectivity index (χ4v) is 4.90. The second kappa shape index (κ2) is 9.03. The summed E-state index contributed by atoms with van der Waals surface area (Å²) in [5.74, 6) is -0.188. The summed E-state index contributed by atoms with van der Waals surface area (Å²) >= 11 is 0. The standard InChI is InChI=1S/C23H27F2N9O2/c1-12(16-10-17(36-4)28-21(27-16)18(24)25)22(35)34-8-7-23(11-34)6-5-14-9-15(13(2)26-19(14)29-23)20-30-32-33(3)31-20/h9-10,12,18H,5-8,11H2,1-4H3,(H,26,29)/t12-,23-/m0/s1. The maximum atomic E-state index is 13.3. The fraction of sp³-hybridized carbons (Fsp3) is 0.522. The molecule has 1 spiro atoms. The summed E-state index contributed by atoms with van der Waals surface area (Å²) in [4.78, 5) is 28.9. The van der Waals surface area contributed by atoms with E-state index in [4.69, 9.17) is 9.72 Å². The van der Waals surface area contributed by atoms with Crippen LogP contribution in [0.3, 0.4) is 0 Å². The highest BCUT2D eigenvalue weighted by Gasteiger charge is 2.43. The molecule has 1 amide bonds. The van der Waals surface area contributed by atoms with E-state index >= 15 is 0 Å². The van der Waals surface area contributed by atoms with Crippen LogP contribution in [0.2, 0.25) is 0 Å². The second-order valence-electron chi connectivity index (χ2n) is 9.36. The van der Waals surface area contributed by atoms with Crippen LogP contribution in [0.5, 0.6) is 5.88 Å². The second-order valence-corrected chi connectivity index (χ2v) is 9.36. The maximum absolute atomic E-state index is 13.3. The van der Waals surface area contributed by atoms with Gasteiger partial charge in [-0.05, 0) is 50.0 Å². The molecule has 2 aliphatic rings. The van der Waals surface area contributed by atoms with Crippen LogP contribution in [-0.2, 0) is 18.3 Å². The minimum atomic E-state index is -2.86.